The van der Waals surface area contributed by atoms with Crippen LogP contribution in [0.3, 0.4) is 0 Å². The van der Waals surface area contributed by atoms with Crippen molar-refractivity contribution < 1.29 is 26.3 Å². The lowest BCUT2D eigenvalue weighted by Crippen LogP contribution is -2.21. The second-order valence-corrected chi connectivity index (χ2v) is 4.42. The number of nitrogens with zero attached hydrogens (tertiary/aromatic N) is 1. The zero-order chi connectivity index (χ0) is 14.3. The van der Waals surface area contributed by atoms with Crippen LogP contribution in [0.5, 0.6) is 0 Å². The number of anilines is 1. The number of hydrogen-bond acceptors (Lipinski definition) is 1. The number of hydrogen-bond donors (Lipinski definition) is 0. The number of rotatable bonds is 1. The number of benzene rings is 1. The van der Waals surface area contributed by atoms with E-state index in [1.807, 2.05) is 0 Å². The summed E-state index contributed by atoms with van der Waals surface area (Å²) in [7, 11) is 0. The topological polar surface area (TPSA) is 3.24 Å². The van der Waals surface area contributed by atoms with Crippen molar-refractivity contribution in [1.29, 1.82) is 0 Å². The Labute approximate surface area is 105 Å². The van der Waals surface area contributed by atoms with Crippen LogP contribution < -0.4 is 4.90 Å². The van der Waals surface area contributed by atoms with Crippen molar-refractivity contribution in [2.45, 2.75) is 25.2 Å². The highest BCUT2D eigenvalue weighted by Crippen LogP contribution is 2.42. The summed E-state index contributed by atoms with van der Waals surface area (Å²) in [6.45, 7) is 1.14. The normalized spacial score (nSPS) is 17.1. The van der Waals surface area contributed by atoms with Crippen LogP contribution in [0.1, 0.15) is 24.0 Å². The Bertz CT molecular complexity index is 456. The van der Waals surface area contributed by atoms with Crippen molar-refractivity contribution in [2.24, 2.45) is 0 Å². The van der Waals surface area contributed by atoms with Crippen LogP contribution in [0, 0.1) is 0 Å². The van der Waals surface area contributed by atoms with Gasteiger partial charge in [0.1, 0.15) is 0 Å². The van der Waals surface area contributed by atoms with E-state index in [0.717, 1.165) is 18.9 Å². The molecule has 2 rings (SSSR count). The Kier molecular flexibility index (Phi) is 3.40. The molecule has 19 heavy (non-hydrogen) atoms. The molecule has 1 fully saturated rings. The lowest BCUT2D eigenvalue weighted by Gasteiger charge is -2.21. The standard InChI is InChI=1S/C12H11F6N/c13-11(14,15)9-4-3-8(19-5-1-2-6-19)7-10(9)12(16,17)18/h3-4,7H,1-2,5-6H2. The van der Waals surface area contributed by atoms with Gasteiger partial charge in [0, 0.05) is 18.8 Å². The quantitative estimate of drug-likeness (QED) is 0.694. The molecule has 0 bridgehead atoms. The van der Waals surface area contributed by atoms with E-state index >= 15 is 0 Å². The molecule has 0 radical (unpaired) electrons. The summed E-state index contributed by atoms with van der Waals surface area (Å²) in [6, 6.07) is 2.20. The van der Waals surface area contributed by atoms with E-state index in [1.54, 1.807) is 4.90 Å². The van der Waals surface area contributed by atoms with Gasteiger partial charge in [-0.3, -0.25) is 0 Å². The lowest BCUT2D eigenvalue weighted by atomic mass is 10.1. The van der Waals surface area contributed by atoms with E-state index in [2.05, 4.69) is 0 Å². The third-order valence-electron chi connectivity index (χ3n) is 3.09. The molecule has 106 valence electrons. The monoisotopic (exact) mass is 283 g/mol. The predicted octanol–water partition coefficient (Wildman–Crippen LogP) is 4.32. The second kappa shape index (κ2) is 4.61. The fourth-order valence-electron chi connectivity index (χ4n) is 2.19. The first-order valence-electron chi connectivity index (χ1n) is 5.73. The molecule has 1 aliphatic rings. The van der Waals surface area contributed by atoms with Crippen LogP contribution in [0.2, 0.25) is 0 Å². The average Bonchev–Trinajstić information content (AvgIpc) is 2.79. The molecule has 0 atom stereocenters. The molecular formula is C12H11F6N. The molecule has 0 amide bonds. The fourth-order valence-corrected chi connectivity index (χ4v) is 2.19. The molecule has 0 unspecified atom stereocenters. The van der Waals surface area contributed by atoms with Crippen LogP contribution in [0.4, 0.5) is 32.0 Å². The highest BCUT2D eigenvalue weighted by molar-refractivity contribution is 5.53. The summed E-state index contributed by atoms with van der Waals surface area (Å²) in [5.41, 5.74) is -3.06. The Morgan fingerprint density at radius 1 is 0.789 bits per heavy atom. The van der Waals surface area contributed by atoms with E-state index in [1.165, 1.54) is 0 Å². The predicted molar refractivity (Wildman–Crippen MR) is 57.9 cm³/mol. The van der Waals surface area contributed by atoms with Crippen LogP contribution >= 0.6 is 0 Å². The van der Waals surface area contributed by atoms with Crippen molar-refractivity contribution in [3.05, 3.63) is 29.3 Å². The van der Waals surface area contributed by atoms with E-state index < -0.39 is 23.5 Å². The van der Waals surface area contributed by atoms with Crippen molar-refractivity contribution in [1.82, 2.24) is 0 Å². The minimum Gasteiger partial charge on any atom is -0.372 e. The highest BCUT2D eigenvalue weighted by atomic mass is 19.4. The lowest BCUT2D eigenvalue weighted by molar-refractivity contribution is -0.162. The first-order valence-corrected chi connectivity index (χ1v) is 5.73. The first-order chi connectivity index (χ1) is 8.69. The van der Waals surface area contributed by atoms with E-state index in [4.69, 9.17) is 0 Å². The number of alkyl halides is 6. The van der Waals surface area contributed by atoms with Crippen molar-refractivity contribution >= 4 is 5.69 Å². The molecule has 0 spiro atoms. The Balaban J connectivity index is 2.47. The van der Waals surface area contributed by atoms with Gasteiger partial charge in [0.15, 0.2) is 0 Å². The van der Waals surface area contributed by atoms with Crippen LogP contribution in [-0.2, 0) is 12.4 Å². The van der Waals surface area contributed by atoms with E-state index in [-0.39, 0.29) is 5.69 Å². The zero-order valence-corrected chi connectivity index (χ0v) is 9.78. The summed E-state index contributed by atoms with van der Waals surface area (Å²) in [4.78, 5) is 1.66. The summed E-state index contributed by atoms with van der Waals surface area (Å²) < 4.78 is 75.9. The van der Waals surface area contributed by atoms with Gasteiger partial charge in [0.25, 0.3) is 0 Å². The third kappa shape index (κ3) is 2.96. The maximum absolute atomic E-state index is 12.7. The molecule has 0 aliphatic carbocycles. The van der Waals surface area contributed by atoms with Gasteiger partial charge in [-0.1, -0.05) is 0 Å². The summed E-state index contributed by atoms with van der Waals surface area (Å²) in [6.07, 6.45) is -8.35. The minimum absolute atomic E-state index is 0.192. The summed E-state index contributed by atoms with van der Waals surface area (Å²) >= 11 is 0. The molecule has 1 aromatic carbocycles. The summed E-state index contributed by atoms with van der Waals surface area (Å²) in [5, 5.41) is 0. The van der Waals surface area contributed by atoms with Gasteiger partial charge in [0.05, 0.1) is 11.1 Å². The summed E-state index contributed by atoms with van der Waals surface area (Å²) in [5.74, 6) is 0. The zero-order valence-electron chi connectivity index (χ0n) is 9.78. The van der Waals surface area contributed by atoms with E-state index in [9.17, 15) is 26.3 Å². The van der Waals surface area contributed by atoms with Gasteiger partial charge in [-0.2, -0.15) is 26.3 Å². The molecule has 7 heteroatoms. The van der Waals surface area contributed by atoms with E-state index in [0.29, 0.717) is 25.2 Å². The molecular weight excluding hydrogens is 272 g/mol. The molecule has 1 aliphatic heterocycles. The van der Waals surface area contributed by atoms with Gasteiger partial charge in [-0.05, 0) is 31.0 Å². The Morgan fingerprint density at radius 2 is 1.32 bits per heavy atom. The Morgan fingerprint density at radius 3 is 1.79 bits per heavy atom. The second-order valence-electron chi connectivity index (χ2n) is 4.42. The highest BCUT2D eigenvalue weighted by Gasteiger charge is 2.43. The molecule has 0 N–H and O–H groups in total. The third-order valence-corrected chi connectivity index (χ3v) is 3.09. The molecule has 1 aromatic rings. The van der Waals surface area contributed by atoms with Crippen LogP contribution in [0.25, 0.3) is 0 Å². The van der Waals surface area contributed by atoms with Crippen LogP contribution in [-0.4, -0.2) is 13.1 Å². The SMILES string of the molecule is FC(F)(F)c1ccc(N2CCCC2)cc1C(F)(F)F. The molecule has 1 nitrogen and oxygen atoms in total. The molecule has 1 saturated heterocycles. The minimum atomic E-state index is -5.01. The molecule has 0 saturated carbocycles. The van der Waals surface area contributed by atoms with Gasteiger partial charge < -0.3 is 4.90 Å². The van der Waals surface area contributed by atoms with Crippen molar-refractivity contribution in [3.8, 4) is 0 Å². The number of halogens is 6. The maximum atomic E-state index is 12.7. The van der Waals surface area contributed by atoms with Crippen LogP contribution in [0.15, 0.2) is 18.2 Å². The van der Waals surface area contributed by atoms with Gasteiger partial charge in [0.2, 0.25) is 0 Å². The van der Waals surface area contributed by atoms with Gasteiger partial charge in [-0.25, -0.2) is 0 Å². The van der Waals surface area contributed by atoms with Crippen molar-refractivity contribution in [2.75, 3.05) is 18.0 Å². The first kappa shape index (κ1) is 14.0. The maximum Gasteiger partial charge on any atom is 0.417 e. The molecule has 0 aromatic heterocycles. The van der Waals surface area contributed by atoms with Gasteiger partial charge in [-0.15, -0.1) is 0 Å². The largest absolute Gasteiger partial charge is 0.417 e. The average molecular weight is 283 g/mol. The Hall–Kier alpha value is -1.40. The smallest absolute Gasteiger partial charge is 0.372 e. The van der Waals surface area contributed by atoms with Gasteiger partial charge >= 0.3 is 12.4 Å². The van der Waals surface area contributed by atoms with Crippen molar-refractivity contribution in [3.63, 3.8) is 0 Å². The fraction of sp³-hybridized carbons (Fsp3) is 0.500. The molecule has 1 heterocycles.